The maximum atomic E-state index is 3.63. The monoisotopic (exact) mass is 134 g/mol. The second-order valence-electron chi connectivity index (χ2n) is 1.54. The average molecular weight is 134 g/mol. The van der Waals surface area contributed by atoms with Gasteiger partial charge in [0.2, 0.25) is 0 Å². The molecule has 1 heterocycles. The van der Waals surface area contributed by atoms with Crippen LogP contribution in [0.5, 0.6) is 0 Å². The van der Waals surface area contributed by atoms with E-state index in [-0.39, 0.29) is 0 Å². The first-order chi connectivity index (χ1) is 4.88. The molecule has 0 amide bonds. The average Bonchev–Trinajstić information content (AvgIpc) is 2.43. The Kier molecular flexibility index (Phi) is 1.78. The number of nitrogens with one attached hydrogen (secondary N) is 1. The summed E-state index contributed by atoms with van der Waals surface area (Å²) in [7, 11) is 0. The smallest absolute Gasteiger partial charge is 0.187 e. The van der Waals surface area contributed by atoms with Crippen LogP contribution in [0, 0.1) is 0 Å². The van der Waals surface area contributed by atoms with Gasteiger partial charge in [0.25, 0.3) is 0 Å². The largest absolute Gasteiger partial charge is 0.238 e. The number of aromatic amines is 1. The first-order valence-electron chi connectivity index (χ1n) is 2.65. The summed E-state index contributed by atoms with van der Waals surface area (Å²) in [5, 5.41) is 13.0. The lowest BCUT2D eigenvalue weighted by atomic mass is 10.3. The number of tetrazole rings is 1. The van der Waals surface area contributed by atoms with Crippen molar-refractivity contribution in [2.45, 2.75) is 0 Å². The van der Waals surface area contributed by atoms with Crippen LogP contribution >= 0.6 is 0 Å². The first kappa shape index (κ1) is 6.45. The minimum absolute atomic E-state index is 0.532. The molecular weight excluding hydrogens is 128 g/mol. The quantitative estimate of drug-likeness (QED) is 0.474. The molecule has 1 aromatic rings. The summed E-state index contributed by atoms with van der Waals surface area (Å²) in [5.74, 6) is 0.532. The Morgan fingerprint density at radius 1 is 1.70 bits per heavy atom. The molecule has 0 unspecified atom stereocenters. The fraction of sp³-hybridized carbons (Fsp3) is 0. The minimum Gasteiger partial charge on any atom is -0.238 e. The molecule has 0 aliphatic heterocycles. The van der Waals surface area contributed by atoms with Gasteiger partial charge in [0.1, 0.15) is 0 Å². The van der Waals surface area contributed by atoms with Crippen molar-refractivity contribution in [1.82, 2.24) is 20.6 Å². The molecule has 10 heavy (non-hydrogen) atoms. The van der Waals surface area contributed by atoms with Crippen LogP contribution in [0.4, 0.5) is 0 Å². The van der Waals surface area contributed by atoms with Crippen molar-refractivity contribution in [3.8, 4) is 0 Å². The van der Waals surface area contributed by atoms with Gasteiger partial charge in [-0.15, -0.1) is 10.8 Å². The van der Waals surface area contributed by atoms with Gasteiger partial charge in [-0.3, -0.25) is 0 Å². The van der Waals surface area contributed by atoms with E-state index in [2.05, 4.69) is 39.5 Å². The Morgan fingerprint density at radius 2 is 2.50 bits per heavy atom. The highest BCUT2D eigenvalue weighted by Gasteiger charge is 1.97. The van der Waals surface area contributed by atoms with E-state index in [4.69, 9.17) is 0 Å². The number of hydrogen-bond donors (Lipinski definition) is 1. The molecule has 0 spiro atoms. The fourth-order valence-electron chi connectivity index (χ4n) is 0.526. The third kappa shape index (κ3) is 1.01. The maximum Gasteiger partial charge on any atom is 0.187 e. The predicted molar refractivity (Wildman–Crippen MR) is 36.9 cm³/mol. The summed E-state index contributed by atoms with van der Waals surface area (Å²) in [4.78, 5) is 0. The topological polar surface area (TPSA) is 54.5 Å². The van der Waals surface area contributed by atoms with Crippen LogP contribution in [0.2, 0.25) is 0 Å². The Bertz CT molecular complexity index is 266. The van der Waals surface area contributed by atoms with E-state index in [9.17, 15) is 0 Å². The van der Waals surface area contributed by atoms with Gasteiger partial charge in [-0.05, 0) is 10.4 Å². The van der Waals surface area contributed by atoms with Gasteiger partial charge in [-0.25, -0.2) is 5.10 Å². The lowest BCUT2D eigenvalue weighted by Crippen LogP contribution is -1.81. The molecule has 1 rings (SSSR count). The molecule has 0 atom stereocenters. The van der Waals surface area contributed by atoms with Gasteiger partial charge < -0.3 is 0 Å². The van der Waals surface area contributed by atoms with Crippen LogP contribution in [0.15, 0.2) is 25.0 Å². The van der Waals surface area contributed by atoms with E-state index in [0.29, 0.717) is 11.4 Å². The van der Waals surface area contributed by atoms with Gasteiger partial charge in [0, 0.05) is 0 Å². The van der Waals surface area contributed by atoms with Gasteiger partial charge >= 0.3 is 0 Å². The van der Waals surface area contributed by atoms with Crippen LogP contribution < -0.4 is 0 Å². The second-order valence-corrected chi connectivity index (χ2v) is 1.54. The van der Waals surface area contributed by atoms with Gasteiger partial charge in [0.15, 0.2) is 5.82 Å². The maximum absolute atomic E-state index is 3.63. The van der Waals surface area contributed by atoms with Crippen LogP contribution in [0.25, 0.3) is 5.57 Å². The minimum atomic E-state index is 0.532. The summed E-state index contributed by atoms with van der Waals surface area (Å²) in [6.45, 7) is 6.97. The van der Waals surface area contributed by atoms with Crippen molar-refractivity contribution < 1.29 is 0 Å². The first-order valence-corrected chi connectivity index (χ1v) is 2.65. The normalized spacial score (nSPS) is 8.40. The lowest BCUT2D eigenvalue weighted by molar-refractivity contribution is 0.881. The number of nitrogens with zero attached hydrogens (tertiary/aromatic N) is 3. The molecule has 0 saturated carbocycles. The Hall–Kier alpha value is -1.67. The highest BCUT2D eigenvalue weighted by atomic mass is 15.5. The molecule has 0 radical (unpaired) electrons. The van der Waals surface area contributed by atoms with E-state index in [0.717, 1.165) is 0 Å². The fourth-order valence-corrected chi connectivity index (χ4v) is 0.526. The molecule has 1 aromatic heterocycles. The highest BCUT2D eigenvalue weighted by molar-refractivity contribution is 5.67. The van der Waals surface area contributed by atoms with E-state index in [1.165, 1.54) is 0 Å². The molecule has 4 heteroatoms. The van der Waals surface area contributed by atoms with E-state index in [1.807, 2.05) is 0 Å². The van der Waals surface area contributed by atoms with Crippen molar-refractivity contribution >= 4 is 5.57 Å². The summed E-state index contributed by atoms with van der Waals surface area (Å²) >= 11 is 0. The molecule has 0 aromatic carbocycles. The zero-order valence-corrected chi connectivity index (χ0v) is 5.33. The third-order valence-corrected chi connectivity index (χ3v) is 0.995. The predicted octanol–water partition coefficient (Wildman–Crippen LogP) is 0.554. The van der Waals surface area contributed by atoms with Crippen LogP contribution in [-0.4, -0.2) is 20.6 Å². The SMILES string of the molecule is C=C=C(C=C)c1nnn[nH]1. The van der Waals surface area contributed by atoms with Crippen molar-refractivity contribution in [3.63, 3.8) is 0 Å². The highest BCUT2D eigenvalue weighted by Crippen LogP contribution is 2.03. The molecule has 0 aliphatic rings. The molecule has 1 N–H and O–H groups in total. The second kappa shape index (κ2) is 2.75. The molecule has 0 bridgehead atoms. The van der Waals surface area contributed by atoms with Crippen LogP contribution in [0.3, 0.4) is 0 Å². The van der Waals surface area contributed by atoms with Gasteiger partial charge in [0.05, 0.1) is 5.57 Å². The number of aromatic nitrogens is 4. The zero-order valence-electron chi connectivity index (χ0n) is 5.33. The van der Waals surface area contributed by atoms with Crippen molar-refractivity contribution in [3.05, 3.63) is 30.8 Å². The van der Waals surface area contributed by atoms with Crippen molar-refractivity contribution in [2.75, 3.05) is 0 Å². The number of hydrogen-bond acceptors (Lipinski definition) is 3. The van der Waals surface area contributed by atoms with Gasteiger partial charge in [-0.1, -0.05) is 19.2 Å². The van der Waals surface area contributed by atoms with E-state index >= 15 is 0 Å². The standard InChI is InChI=1S/C6H6N4/c1-3-5(4-2)6-7-9-10-8-6/h3H,1-2H2,(H,7,8,9,10). The lowest BCUT2D eigenvalue weighted by Gasteiger charge is -1.85. The number of rotatable bonds is 2. The molecule has 50 valence electrons. The summed E-state index contributed by atoms with van der Waals surface area (Å²) in [6.07, 6.45) is 1.58. The Labute approximate surface area is 58.0 Å². The summed E-state index contributed by atoms with van der Waals surface area (Å²) in [6, 6.07) is 0. The summed E-state index contributed by atoms with van der Waals surface area (Å²) in [5.41, 5.74) is 3.30. The Balaban J connectivity index is 3.07. The van der Waals surface area contributed by atoms with Crippen LogP contribution in [-0.2, 0) is 0 Å². The van der Waals surface area contributed by atoms with Gasteiger partial charge in [-0.2, -0.15) is 0 Å². The third-order valence-electron chi connectivity index (χ3n) is 0.995. The molecular formula is C6H6N4. The molecule has 0 fully saturated rings. The number of H-pyrrole nitrogens is 1. The summed E-state index contributed by atoms with van der Waals surface area (Å²) < 4.78 is 0. The molecule has 4 nitrogen and oxygen atoms in total. The number of allylic oxidation sites excluding steroid dienone is 2. The Morgan fingerprint density at radius 3 is 2.90 bits per heavy atom. The van der Waals surface area contributed by atoms with E-state index < -0.39 is 0 Å². The zero-order chi connectivity index (χ0) is 7.40. The van der Waals surface area contributed by atoms with Crippen LogP contribution in [0.1, 0.15) is 5.82 Å². The molecule has 0 saturated heterocycles. The van der Waals surface area contributed by atoms with E-state index in [1.54, 1.807) is 6.08 Å². The van der Waals surface area contributed by atoms with Crippen molar-refractivity contribution in [2.24, 2.45) is 0 Å². The van der Waals surface area contributed by atoms with Crippen molar-refractivity contribution in [1.29, 1.82) is 0 Å². The molecule has 0 aliphatic carbocycles.